The van der Waals surface area contributed by atoms with E-state index in [1.807, 2.05) is 39.0 Å². The number of fused-ring (bicyclic) bond motifs is 2. The first-order valence-corrected chi connectivity index (χ1v) is 11.4. The summed E-state index contributed by atoms with van der Waals surface area (Å²) in [7, 11) is 1.44. The minimum atomic E-state index is -0.340. The number of aromatic nitrogens is 1. The van der Waals surface area contributed by atoms with Crippen LogP contribution in [0, 0.1) is 5.41 Å². The molecule has 1 aromatic carbocycles. The van der Waals surface area contributed by atoms with Gasteiger partial charge in [-0.3, -0.25) is 14.4 Å². The predicted molar refractivity (Wildman–Crippen MR) is 125 cm³/mol. The summed E-state index contributed by atoms with van der Waals surface area (Å²) in [6, 6.07) is 6.83. The minimum Gasteiger partial charge on any atom is -0.496 e. The number of rotatable bonds is 5. The largest absolute Gasteiger partial charge is 0.496 e. The van der Waals surface area contributed by atoms with Crippen LogP contribution in [0.4, 0.5) is 0 Å². The number of benzene rings is 1. The molecule has 3 heterocycles. The van der Waals surface area contributed by atoms with E-state index in [2.05, 4.69) is 5.32 Å². The van der Waals surface area contributed by atoms with Crippen LogP contribution in [0.2, 0.25) is 0 Å². The van der Waals surface area contributed by atoms with Crippen LogP contribution in [0.1, 0.15) is 48.8 Å². The molecule has 0 aliphatic carbocycles. The van der Waals surface area contributed by atoms with Crippen molar-refractivity contribution in [2.45, 2.75) is 46.7 Å². The topological polar surface area (TPSA) is 99.1 Å². The summed E-state index contributed by atoms with van der Waals surface area (Å²) in [5.74, 6) is 1.26. The Morgan fingerprint density at radius 3 is 2.59 bits per heavy atom. The van der Waals surface area contributed by atoms with Crippen molar-refractivity contribution in [1.29, 1.82) is 0 Å². The molecule has 4 rings (SSSR count). The number of amides is 2. The van der Waals surface area contributed by atoms with Crippen molar-refractivity contribution in [2.75, 3.05) is 27.0 Å². The van der Waals surface area contributed by atoms with Crippen LogP contribution >= 0.6 is 0 Å². The first kappa shape index (κ1) is 23.7. The Hall–Kier alpha value is -3.49. The van der Waals surface area contributed by atoms with Crippen LogP contribution in [-0.4, -0.2) is 48.3 Å². The summed E-state index contributed by atoms with van der Waals surface area (Å²) in [5.41, 5.74) is 1.39. The maximum Gasteiger partial charge on any atom is 0.257 e. The van der Waals surface area contributed by atoms with Gasteiger partial charge < -0.3 is 29.0 Å². The van der Waals surface area contributed by atoms with Crippen LogP contribution in [0.3, 0.4) is 0 Å². The van der Waals surface area contributed by atoms with Crippen molar-refractivity contribution in [3.05, 3.63) is 51.4 Å². The molecule has 0 radical (unpaired) electrons. The predicted octanol–water partition coefficient (Wildman–Crippen LogP) is 2.34. The van der Waals surface area contributed by atoms with E-state index < -0.39 is 0 Å². The molecule has 1 N–H and O–H groups in total. The molecule has 9 nitrogen and oxygen atoms in total. The van der Waals surface area contributed by atoms with Crippen LogP contribution in [0.5, 0.6) is 17.2 Å². The van der Waals surface area contributed by atoms with Crippen LogP contribution in [0.25, 0.3) is 0 Å². The van der Waals surface area contributed by atoms with Gasteiger partial charge in [-0.15, -0.1) is 0 Å². The van der Waals surface area contributed by atoms with Crippen molar-refractivity contribution in [1.82, 2.24) is 14.8 Å². The third-order valence-electron chi connectivity index (χ3n) is 5.96. The average molecular weight is 470 g/mol. The number of carbonyl (C=O) groups excluding carboxylic acids is 2. The van der Waals surface area contributed by atoms with E-state index in [9.17, 15) is 14.4 Å². The summed E-state index contributed by atoms with van der Waals surface area (Å²) in [6.45, 7) is 7.71. The summed E-state index contributed by atoms with van der Waals surface area (Å²) >= 11 is 0. The van der Waals surface area contributed by atoms with Gasteiger partial charge in [0.25, 0.3) is 11.5 Å². The van der Waals surface area contributed by atoms with Gasteiger partial charge in [0.15, 0.2) is 11.5 Å². The fourth-order valence-corrected chi connectivity index (χ4v) is 4.29. The zero-order valence-electron chi connectivity index (χ0n) is 20.1. The van der Waals surface area contributed by atoms with Gasteiger partial charge in [0.2, 0.25) is 12.7 Å². The third-order valence-corrected chi connectivity index (χ3v) is 5.96. The van der Waals surface area contributed by atoms with Crippen molar-refractivity contribution in [3.8, 4) is 17.2 Å². The van der Waals surface area contributed by atoms with Gasteiger partial charge in [0, 0.05) is 50.8 Å². The Kier molecular flexibility index (Phi) is 6.54. The lowest BCUT2D eigenvalue weighted by Gasteiger charge is -2.25. The Morgan fingerprint density at radius 2 is 1.85 bits per heavy atom. The second-order valence-corrected chi connectivity index (χ2v) is 9.76. The molecular weight excluding hydrogens is 438 g/mol. The molecule has 2 aliphatic rings. The van der Waals surface area contributed by atoms with Crippen molar-refractivity contribution < 1.29 is 23.8 Å². The van der Waals surface area contributed by atoms with E-state index in [0.29, 0.717) is 55.2 Å². The molecule has 0 saturated carbocycles. The third kappa shape index (κ3) is 5.03. The van der Waals surface area contributed by atoms with Gasteiger partial charge in [0.1, 0.15) is 11.3 Å². The smallest absolute Gasteiger partial charge is 0.257 e. The molecule has 34 heavy (non-hydrogen) atoms. The lowest BCUT2D eigenvalue weighted by molar-refractivity contribution is -0.133. The molecule has 2 aliphatic heterocycles. The van der Waals surface area contributed by atoms with Gasteiger partial charge in [-0.05, 0) is 23.1 Å². The minimum absolute atomic E-state index is 0.0501. The Labute approximate surface area is 198 Å². The first-order valence-electron chi connectivity index (χ1n) is 11.4. The Bertz CT molecular complexity index is 1160. The molecule has 1 aromatic heterocycles. The molecule has 0 fully saturated rings. The van der Waals surface area contributed by atoms with Crippen LogP contribution in [0.15, 0.2) is 29.1 Å². The fourth-order valence-electron chi connectivity index (χ4n) is 4.29. The second kappa shape index (κ2) is 9.40. The second-order valence-electron chi connectivity index (χ2n) is 9.76. The van der Waals surface area contributed by atoms with Crippen molar-refractivity contribution in [2.24, 2.45) is 5.41 Å². The van der Waals surface area contributed by atoms with E-state index >= 15 is 0 Å². The van der Waals surface area contributed by atoms with E-state index in [4.69, 9.17) is 14.2 Å². The molecule has 2 aromatic rings. The van der Waals surface area contributed by atoms with Gasteiger partial charge in [-0.1, -0.05) is 26.8 Å². The lowest BCUT2D eigenvalue weighted by Crippen LogP contribution is -2.36. The molecule has 0 spiro atoms. The molecule has 0 unspecified atom stereocenters. The summed E-state index contributed by atoms with van der Waals surface area (Å²) in [5, 5.41) is 2.92. The van der Waals surface area contributed by atoms with Gasteiger partial charge in [-0.25, -0.2) is 0 Å². The summed E-state index contributed by atoms with van der Waals surface area (Å²) < 4.78 is 17.7. The highest BCUT2D eigenvalue weighted by Gasteiger charge is 2.28. The van der Waals surface area contributed by atoms with Crippen molar-refractivity contribution in [3.63, 3.8) is 0 Å². The SMILES string of the molecule is COc1cc(=O)n2c(c1C(=O)NCc1ccc3c(c1)OCO3)CCN(C(=O)CC(C)(C)C)CC2. The monoisotopic (exact) mass is 469 g/mol. The first-order chi connectivity index (χ1) is 16.2. The molecular formula is C25H31N3O6. The van der Waals surface area contributed by atoms with Crippen LogP contribution < -0.4 is 25.1 Å². The normalized spacial score (nSPS) is 14.9. The summed E-state index contributed by atoms with van der Waals surface area (Å²) in [6.07, 6.45) is 0.805. The number of ether oxygens (including phenoxy) is 3. The number of pyridine rings is 1. The zero-order valence-corrected chi connectivity index (χ0v) is 20.1. The number of carbonyl (C=O) groups is 2. The van der Waals surface area contributed by atoms with E-state index in [1.165, 1.54) is 13.2 Å². The molecule has 0 saturated heterocycles. The van der Waals surface area contributed by atoms with Gasteiger partial charge in [0.05, 0.1) is 7.11 Å². The molecule has 0 bridgehead atoms. The lowest BCUT2D eigenvalue weighted by atomic mass is 9.91. The Balaban J connectivity index is 1.56. The van der Waals surface area contributed by atoms with E-state index in [1.54, 1.807) is 9.47 Å². The number of nitrogens with zero attached hydrogens (tertiary/aromatic N) is 2. The summed E-state index contributed by atoms with van der Waals surface area (Å²) in [4.78, 5) is 40.6. The van der Waals surface area contributed by atoms with Crippen LogP contribution in [-0.2, 0) is 24.3 Å². The van der Waals surface area contributed by atoms with Crippen molar-refractivity contribution >= 4 is 11.8 Å². The van der Waals surface area contributed by atoms with Gasteiger partial charge >= 0.3 is 0 Å². The highest BCUT2D eigenvalue weighted by Crippen LogP contribution is 2.32. The fraction of sp³-hybridized carbons (Fsp3) is 0.480. The average Bonchev–Trinajstić information content (AvgIpc) is 3.13. The maximum atomic E-state index is 13.3. The molecule has 2 amide bonds. The highest BCUT2D eigenvalue weighted by atomic mass is 16.7. The Morgan fingerprint density at radius 1 is 1.09 bits per heavy atom. The van der Waals surface area contributed by atoms with E-state index in [-0.39, 0.29) is 41.9 Å². The molecule has 182 valence electrons. The maximum absolute atomic E-state index is 13.3. The quantitative estimate of drug-likeness (QED) is 0.722. The zero-order chi connectivity index (χ0) is 24.5. The van der Waals surface area contributed by atoms with E-state index in [0.717, 1.165) is 5.56 Å². The number of methoxy groups -OCH3 is 1. The standard InChI is InChI=1S/C25H31N3O6/c1-25(2,3)13-22(30)27-8-7-17-23(20(32-4)12-21(29)28(17)10-9-27)24(31)26-14-16-5-6-18-19(11-16)34-15-33-18/h5-6,11-12H,7-10,13-15H2,1-4H3,(H,26,31). The number of nitrogens with one attached hydrogen (secondary N) is 1. The van der Waals surface area contributed by atoms with Gasteiger partial charge in [-0.2, -0.15) is 0 Å². The molecule has 9 heteroatoms. The highest BCUT2D eigenvalue weighted by molar-refractivity contribution is 5.98. The molecule has 0 atom stereocenters. The number of hydrogen-bond acceptors (Lipinski definition) is 6. The number of hydrogen-bond donors (Lipinski definition) is 1.